The van der Waals surface area contributed by atoms with Crippen molar-refractivity contribution in [3.05, 3.63) is 34.9 Å². The normalized spacial score (nSPS) is 12.6. The van der Waals surface area contributed by atoms with Crippen LogP contribution in [0.3, 0.4) is 0 Å². The summed E-state index contributed by atoms with van der Waals surface area (Å²) < 4.78 is 24.1. The van der Waals surface area contributed by atoms with Crippen LogP contribution in [0.1, 0.15) is 29.7 Å². The molecular weight excluding hydrogens is 212 g/mol. The second-order valence-corrected chi connectivity index (χ2v) is 3.89. The molecule has 0 aliphatic carbocycles. The maximum atomic E-state index is 12.1. The zero-order chi connectivity index (χ0) is 12.3. The molecule has 1 amide bonds. The zero-order valence-electron chi connectivity index (χ0n) is 9.55. The van der Waals surface area contributed by atoms with Gasteiger partial charge in [0.25, 0.3) is 5.91 Å². The topological polar surface area (TPSA) is 29.1 Å². The van der Waals surface area contributed by atoms with Gasteiger partial charge in [0.15, 0.2) is 0 Å². The SMILES string of the molecule is Cc1ccc(C)c(C(C)NC(=O)C(F)F)c1. The van der Waals surface area contributed by atoms with Crippen molar-refractivity contribution in [1.29, 1.82) is 0 Å². The van der Waals surface area contributed by atoms with Gasteiger partial charge in [-0.15, -0.1) is 0 Å². The number of amides is 1. The molecule has 2 nitrogen and oxygen atoms in total. The summed E-state index contributed by atoms with van der Waals surface area (Å²) in [7, 11) is 0. The average Bonchev–Trinajstić information content (AvgIpc) is 2.21. The van der Waals surface area contributed by atoms with Crippen LogP contribution in [0.25, 0.3) is 0 Å². The number of rotatable bonds is 3. The summed E-state index contributed by atoms with van der Waals surface area (Å²) in [6.45, 7) is 5.51. The van der Waals surface area contributed by atoms with E-state index in [0.29, 0.717) is 0 Å². The fraction of sp³-hybridized carbons (Fsp3) is 0.417. The maximum Gasteiger partial charge on any atom is 0.315 e. The molecule has 0 bridgehead atoms. The van der Waals surface area contributed by atoms with Gasteiger partial charge in [0.05, 0.1) is 6.04 Å². The molecule has 0 spiro atoms. The quantitative estimate of drug-likeness (QED) is 0.845. The Kier molecular flexibility index (Phi) is 3.99. The van der Waals surface area contributed by atoms with Crippen molar-refractivity contribution in [2.24, 2.45) is 0 Å². The summed E-state index contributed by atoms with van der Waals surface area (Å²) in [5, 5.41) is 2.27. The molecule has 0 saturated carbocycles. The number of hydrogen-bond acceptors (Lipinski definition) is 1. The summed E-state index contributed by atoms with van der Waals surface area (Å²) in [4.78, 5) is 10.9. The Labute approximate surface area is 93.7 Å². The smallest absolute Gasteiger partial charge is 0.315 e. The molecule has 88 valence electrons. The van der Waals surface area contributed by atoms with Crippen molar-refractivity contribution in [3.63, 3.8) is 0 Å². The fourth-order valence-electron chi connectivity index (χ4n) is 1.58. The number of nitrogens with one attached hydrogen (secondary N) is 1. The second-order valence-electron chi connectivity index (χ2n) is 3.89. The molecule has 0 aliphatic heterocycles. The van der Waals surface area contributed by atoms with Crippen LogP contribution in [-0.2, 0) is 4.79 Å². The van der Waals surface area contributed by atoms with Crippen LogP contribution >= 0.6 is 0 Å². The van der Waals surface area contributed by atoms with Gasteiger partial charge < -0.3 is 5.32 Å². The van der Waals surface area contributed by atoms with Crippen LogP contribution in [-0.4, -0.2) is 12.3 Å². The van der Waals surface area contributed by atoms with Crippen molar-refractivity contribution < 1.29 is 13.6 Å². The van der Waals surface area contributed by atoms with Crippen LogP contribution in [0.5, 0.6) is 0 Å². The van der Waals surface area contributed by atoms with Crippen LogP contribution in [0.15, 0.2) is 18.2 Å². The third kappa shape index (κ3) is 3.02. The lowest BCUT2D eigenvalue weighted by Gasteiger charge is -2.17. The Hall–Kier alpha value is -1.45. The van der Waals surface area contributed by atoms with Gasteiger partial charge in [0, 0.05) is 0 Å². The number of carbonyl (C=O) groups excluding carboxylic acids is 1. The van der Waals surface area contributed by atoms with Gasteiger partial charge in [-0.2, -0.15) is 8.78 Å². The second kappa shape index (κ2) is 5.05. The molecule has 1 rings (SSSR count). The number of carbonyl (C=O) groups is 1. The zero-order valence-corrected chi connectivity index (χ0v) is 9.55. The largest absolute Gasteiger partial charge is 0.345 e. The molecule has 0 fully saturated rings. The molecule has 1 atom stereocenters. The van der Waals surface area contributed by atoms with E-state index in [1.807, 2.05) is 32.0 Å². The molecule has 0 heterocycles. The Morgan fingerprint density at radius 3 is 2.50 bits per heavy atom. The van der Waals surface area contributed by atoms with E-state index >= 15 is 0 Å². The summed E-state index contributed by atoms with van der Waals surface area (Å²) >= 11 is 0. The molecule has 16 heavy (non-hydrogen) atoms. The predicted octanol–water partition coefficient (Wildman–Crippen LogP) is 2.75. The molecule has 1 aromatic carbocycles. The molecular formula is C12H15F2NO. The van der Waals surface area contributed by atoms with Crippen molar-refractivity contribution in [2.75, 3.05) is 0 Å². The Bertz CT molecular complexity index is 391. The third-order valence-electron chi connectivity index (χ3n) is 2.46. The van der Waals surface area contributed by atoms with Crippen molar-refractivity contribution in [1.82, 2.24) is 5.32 Å². The van der Waals surface area contributed by atoms with E-state index in [1.54, 1.807) is 6.92 Å². The standard InChI is InChI=1S/C12H15F2NO/c1-7-4-5-8(2)10(6-7)9(3)15-12(16)11(13)14/h4-6,9,11H,1-3H3,(H,15,16). The minimum absolute atomic E-state index is 0.401. The predicted molar refractivity (Wildman–Crippen MR) is 58.5 cm³/mol. The minimum Gasteiger partial charge on any atom is -0.345 e. The van der Waals surface area contributed by atoms with E-state index in [4.69, 9.17) is 0 Å². The van der Waals surface area contributed by atoms with Crippen molar-refractivity contribution >= 4 is 5.91 Å². The van der Waals surface area contributed by atoms with E-state index in [2.05, 4.69) is 5.32 Å². The first-order chi connectivity index (χ1) is 7.41. The van der Waals surface area contributed by atoms with Gasteiger partial charge >= 0.3 is 6.43 Å². The number of aryl methyl sites for hydroxylation is 2. The number of halogens is 2. The van der Waals surface area contributed by atoms with Gasteiger partial charge in [-0.05, 0) is 31.9 Å². The highest BCUT2D eigenvalue weighted by atomic mass is 19.3. The molecule has 1 aromatic rings. The van der Waals surface area contributed by atoms with Crippen molar-refractivity contribution in [2.45, 2.75) is 33.2 Å². The maximum absolute atomic E-state index is 12.1. The summed E-state index contributed by atoms with van der Waals surface area (Å²) in [6.07, 6.45) is -2.97. The van der Waals surface area contributed by atoms with E-state index in [9.17, 15) is 13.6 Å². The average molecular weight is 227 g/mol. The van der Waals surface area contributed by atoms with E-state index in [-0.39, 0.29) is 0 Å². The first kappa shape index (κ1) is 12.6. The highest BCUT2D eigenvalue weighted by Gasteiger charge is 2.18. The number of hydrogen-bond donors (Lipinski definition) is 1. The molecule has 0 saturated heterocycles. The van der Waals surface area contributed by atoms with Crippen LogP contribution < -0.4 is 5.32 Å². The number of benzene rings is 1. The molecule has 1 N–H and O–H groups in total. The molecule has 4 heteroatoms. The number of alkyl halides is 2. The van der Waals surface area contributed by atoms with Crippen molar-refractivity contribution in [3.8, 4) is 0 Å². The lowest BCUT2D eigenvalue weighted by molar-refractivity contribution is -0.132. The molecule has 0 radical (unpaired) electrons. The van der Waals surface area contributed by atoms with Crippen LogP contribution in [0.2, 0.25) is 0 Å². The van der Waals surface area contributed by atoms with Crippen LogP contribution in [0, 0.1) is 13.8 Å². The molecule has 1 unspecified atom stereocenters. The third-order valence-corrected chi connectivity index (χ3v) is 2.46. The van der Waals surface area contributed by atoms with Gasteiger partial charge in [-0.25, -0.2) is 0 Å². The highest BCUT2D eigenvalue weighted by molar-refractivity contribution is 5.79. The van der Waals surface area contributed by atoms with E-state index in [1.165, 1.54) is 0 Å². The summed E-state index contributed by atoms with van der Waals surface area (Å²) in [5.74, 6) is -1.23. The van der Waals surface area contributed by atoms with Gasteiger partial charge in [0.1, 0.15) is 0 Å². The Balaban J connectivity index is 2.84. The van der Waals surface area contributed by atoms with E-state index < -0.39 is 18.4 Å². The minimum atomic E-state index is -2.97. The first-order valence-electron chi connectivity index (χ1n) is 5.07. The molecule has 0 aliphatic rings. The van der Waals surface area contributed by atoms with Gasteiger partial charge in [-0.1, -0.05) is 23.8 Å². The van der Waals surface area contributed by atoms with E-state index in [0.717, 1.165) is 16.7 Å². The van der Waals surface area contributed by atoms with Gasteiger partial charge in [0.2, 0.25) is 0 Å². The monoisotopic (exact) mass is 227 g/mol. The van der Waals surface area contributed by atoms with Gasteiger partial charge in [-0.3, -0.25) is 4.79 Å². The highest BCUT2D eigenvalue weighted by Crippen LogP contribution is 2.19. The summed E-state index contributed by atoms with van der Waals surface area (Å²) in [6, 6.07) is 5.35. The lowest BCUT2D eigenvalue weighted by atomic mass is 10.00. The first-order valence-corrected chi connectivity index (χ1v) is 5.07. The fourth-order valence-corrected chi connectivity index (χ4v) is 1.58. The Morgan fingerprint density at radius 1 is 1.31 bits per heavy atom. The summed E-state index contributed by atoms with van der Waals surface area (Å²) in [5.41, 5.74) is 2.89. The molecule has 0 aromatic heterocycles. The Morgan fingerprint density at radius 2 is 1.94 bits per heavy atom. The lowest BCUT2D eigenvalue weighted by Crippen LogP contribution is -2.32. The van der Waals surface area contributed by atoms with Crippen LogP contribution in [0.4, 0.5) is 8.78 Å².